The molecule has 1 aromatic carbocycles. The van der Waals surface area contributed by atoms with Crippen molar-refractivity contribution in [1.29, 1.82) is 0 Å². The monoisotopic (exact) mass is 514 g/mol. The molecule has 0 bridgehead atoms. The van der Waals surface area contributed by atoms with E-state index in [2.05, 4.69) is 16.0 Å². The van der Waals surface area contributed by atoms with Gasteiger partial charge in [-0.15, -0.1) is 0 Å². The predicted molar refractivity (Wildman–Crippen MR) is 135 cm³/mol. The fourth-order valence-electron chi connectivity index (χ4n) is 3.52. The Hall–Kier alpha value is -4.02. The van der Waals surface area contributed by atoms with E-state index in [1.165, 1.54) is 19.1 Å². The molecule has 0 saturated carbocycles. The zero-order valence-corrected chi connectivity index (χ0v) is 21.4. The summed E-state index contributed by atoms with van der Waals surface area (Å²) in [5.74, 6) is -2.41. The van der Waals surface area contributed by atoms with Gasteiger partial charge in [-0.3, -0.25) is 33.7 Å². The third-order valence-electron chi connectivity index (χ3n) is 5.55. The molecule has 0 spiro atoms. The number of rotatable bonds is 14. The van der Waals surface area contributed by atoms with Crippen molar-refractivity contribution in [2.45, 2.75) is 59.1 Å². The van der Waals surface area contributed by atoms with E-state index < -0.39 is 17.9 Å². The molecule has 200 valence electrons. The van der Waals surface area contributed by atoms with Gasteiger partial charge >= 0.3 is 5.97 Å². The summed E-state index contributed by atoms with van der Waals surface area (Å²) < 4.78 is 4.91. The molecule has 3 N–H and O–H groups in total. The number of carbonyl (C=O) groups excluding carboxylic acids is 6. The smallest absolute Gasteiger partial charge is 0.302 e. The molecule has 1 atom stereocenters. The molecule has 11 nitrogen and oxygen atoms in total. The minimum atomic E-state index is -0.799. The maximum atomic E-state index is 12.6. The van der Waals surface area contributed by atoms with Crippen LogP contribution in [0.2, 0.25) is 0 Å². The average molecular weight is 515 g/mol. The van der Waals surface area contributed by atoms with Crippen LogP contribution in [-0.4, -0.2) is 59.5 Å². The molecule has 0 saturated heterocycles. The molecule has 1 unspecified atom stereocenters. The molecular weight excluding hydrogens is 480 g/mol. The molecule has 2 rings (SSSR count). The maximum absolute atomic E-state index is 12.6. The average Bonchev–Trinajstić information content (AvgIpc) is 3.17. The Balaban J connectivity index is 1.69. The van der Waals surface area contributed by atoms with E-state index in [-0.39, 0.29) is 49.2 Å². The highest BCUT2D eigenvalue weighted by Crippen LogP contribution is 2.11. The number of hydrogen-bond donors (Lipinski definition) is 3. The number of nitrogens with one attached hydrogen (secondary N) is 3. The van der Waals surface area contributed by atoms with Crippen LogP contribution in [0.15, 0.2) is 36.4 Å². The van der Waals surface area contributed by atoms with Gasteiger partial charge in [0, 0.05) is 37.7 Å². The molecule has 1 aromatic rings. The van der Waals surface area contributed by atoms with Crippen molar-refractivity contribution in [3.8, 4) is 0 Å². The van der Waals surface area contributed by atoms with Gasteiger partial charge in [0.2, 0.25) is 17.7 Å². The first-order valence-corrected chi connectivity index (χ1v) is 12.2. The van der Waals surface area contributed by atoms with Gasteiger partial charge in [0.1, 0.15) is 12.6 Å². The molecule has 37 heavy (non-hydrogen) atoms. The highest BCUT2D eigenvalue weighted by molar-refractivity contribution is 6.12. The normalized spacial score (nSPS) is 13.5. The van der Waals surface area contributed by atoms with Gasteiger partial charge in [-0.25, -0.2) is 0 Å². The zero-order chi connectivity index (χ0) is 27.4. The van der Waals surface area contributed by atoms with Crippen LogP contribution >= 0.6 is 0 Å². The molecule has 0 aliphatic carbocycles. The lowest BCUT2D eigenvalue weighted by Crippen LogP contribution is -2.51. The number of hydrogen-bond acceptors (Lipinski definition) is 7. The molecule has 0 radical (unpaired) electrons. The highest BCUT2D eigenvalue weighted by Gasteiger charge is 2.25. The summed E-state index contributed by atoms with van der Waals surface area (Å²) in [4.78, 5) is 72.3. The Morgan fingerprint density at radius 3 is 2.16 bits per heavy atom. The van der Waals surface area contributed by atoms with Crippen molar-refractivity contribution in [3.05, 3.63) is 42.0 Å². The SMILES string of the molecule is CC(=O)OCc1ccc(NC(=O)CNC(=O)C(NC(=O)CCCCCN2C(=O)C=CC2=O)C(C)C)cc1. The summed E-state index contributed by atoms with van der Waals surface area (Å²) >= 11 is 0. The first kappa shape index (κ1) is 29.2. The fourth-order valence-corrected chi connectivity index (χ4v) is 3.52. The molecular formula is C26H34N4O7. The summed E-state index contributed by atoms with van der Waals surface area (Å²) in [5, 5.41) is 7.93. The van der Waals surface area contributed by atoms with E-state index in [1.807, 2.05) is 0 Å². The minimum Gasteiger partial charge on any atom is -0.461 e. The molecule has 1 heterocycles. The van der Waals surface area contributed by atoms with Crippen LogP contribution in [0, 0.1) is 5.92 Å². The Labute approximate surface area is 216 Å². The molecule has 1 aliphatic rings. The highest BCUT2D eigenvalue weighted by atomic mass is 16.5. The number of anilines is 1. The van der Waals surface area contributed by atoms with Crippen LogP contribution in [0.4, 0.5) is 5.69 Å². The van der Waals surface area contributed by atoms with Crippen LogP contribution in [0.5, 0.6) is 0 Å². The predicted octanol–water partition coefficient (Wildman–Crippen LogP) is 1.43. The number of ether oxygens (including phenoxy) is 1. The molecule has 11 heteroatoms. The van der Waals surface area contributed by atoms with Crippen molar-refractivity contribution >= 4 is 41.2 Å². The summed E-state index contributed by atoms with van der Waals surface area (Å²) in [7, 11) is 0. The van der Waals surface area contributed by atoms with E-state index in [0.29, 0.717) is 31.5 Å². The molecule has 0 aromatic heterocycles. The number of unbranched alkanes of at least 4 members (excludes halogenated alkanes) is 2. The van der Waals surface area contributed by atoms with Gasteiger partial charge in [0.15, 0.2) is 0 Å². The largest absolute Gasteiger partial charge is 0.461 e. The van der Waals surface area contributed by atoms with E-state index in [4.69, 9.17) is 4.74 Å². The minimum absolute atomic E-state index is 0.139. The first-order valence-electron chi connectivity index (χ1n) is 12.2. The number of nitrogens with zero attached hydrogens (tertiary/aromatic N) is 1. The van der Waals surface area contributed by atoms with Crippen molar-refractivity contribution in [1.82, 2.24) is 15.5 Å². The quantitative estimate of drug-likeness (QED) is 0.193. The van der Waals surface area contributed by atoms with Crippen LogP contribution in [-0.2, 0) is 40.1 Å². The van der Waals surface area contributed by atoms with Crippen LogP contribution < -0.4 is 16.0 Å². The second-order valence-corrected chi connectivity index (χ2v) is 9.00. The molecule has 0 fully saturated rings. The van der Waals surface area contributed by atoms with Crippen molar-refractivity contribution < 1.29 is 33.5 Å². The van der Waals surface area contributed by atoms with Crippen LogP contribution in [0.1, 0.15) is 52.0 Å². The van der Waals surface area contributed by atoms with E-state index in [0.717, 1.165) is 10.5 Å². The first-order chi connectivity index (χ1) is 17.6. The lowest BCUT2D eigenvalue weighted by molar-refractivity contribution is -0.142. The van der Waals surface area contributed by atoms with Gasteiger partial charge < -0.3 is 20.7 Å². The lowest BCUT2D eigenvalue weighted by Gasteiger charge is -2.21. The van der Waals surface area contributed by atoms with E-state index >= 15 is 0 Å². The summed E-state index contributed by atoms with van der Waals surface area (Å²) in [5.41, 5.74) is 1.29. The third-order valence-corrected chi connectivity index (χ3v) is 5.55. The van der Waals surface area contributed by atoms with Crippen LogP contribution in [0.25, 0.3) is 0 Å². The second kappa shape index (κ2) is 14.5. The Morgan fingerprint density at radius 1 is 0.919 bits per heavy atom. The van der Waals surface area contributed by atoms with Crippen molar-refractivity contribution in [2.24, 2.45) is 5.92 Å². The Morgan fingerprint density at radius 2 is 1.57 bits per heavy atom. The van der Waals surface area contributed by atoms with E-state index in [1.54, 1.807) is 38.1 Å². The second-order valence-electron chi connectivity index (χ2n) is 9.00. The van der Waals surface area contributed by atoms with Crippen molar-refractivity contribution in [3.63, 3.8) is 0 Å². The fraction of sp³-hybridized carbons (Fsp3) is 0.462. The van der Waals surface area contributed by atoms with Crippen molar-refractivity contribution in [2.75, 3.05) is 18.4 Å². The van der Waals surface area contributed by atoms with Gasteiger partial charge in [-0.2, -0.15) is 0 Å². The van der Waals surface area contributed by atoms with E-state index in [9.17, 15) is 28.8 Å². The van der Waals surface area contributed by atoms with Gasteiger partial charge in [0.05, 0.1) is 6.54 Å². The standard InChI is InChI=1S/C26H34N4O7/c1-17(2)25(29-21(32)7-5-4-6-14-30-23(34)12-13-24(30)35)26(36)27-15-22(33)28-20-10-8-19(9-11-20)16-37-18(3)31/h8-13,17,25H,4-7,14-16H2,1-3H3,(H,27,36)(H,28,33)(H,29,32). The number of esters is 1. The zero-order valence-electron chi connectivity index (χ0n) is 21.4. The molecule has 5 amide bonds. The van der Waals surface area contributed by atoms with Gasteiger partial charge in [-0.1, -0.05) is 32.4 Å². The number of amides is 5. The Kier molecular flexibility index (Phi) is 11.5. The molecule has 1 aliphatic heterocycles. The number of carbonyl (C=O) groups is 6. The maximum Gasteiger partial charge on any atom is 0.302 e. The summed E-state index contributed by atoms with van der Waals surface area (Å²) in [6, 6.07) is 5.95. The number of imide groups is 1. The Bertz CT molecular complexity index is 1020. The number of benzene rings is 1. The van der Waals surface area contributed by atoms with Gasteiger partial charge in [-0.05, 0) is 36.5 Å². The van der Waals surface area contributed by atoms with Gasteiger partial charge in [0.25, 0.3) is 11.8 Å². The lowest BCUT2D eigenvalue weighted by atomic mass is 10.0. The topological polar surface area (TPSA) is 151 Å². The van der Waals surface area contributed by atoms with Crippen LogP contribution in [0.3, 0.4) is 0 Å². The third kappa shape index (κ3) is 10.2. The summed E-state index contributed by atoms with van der Waals surface area (Å²) in [6.07, 6.45) is 4.46. The summed E-state index contributed by atoms with van der Waals surface area (Å²) in [6.45, 7) is 5.09.